The third-order valence-electron chi connectivity index (χ3n) is 3.84. The summed E-state index contributed by atoms with van der Waals surface area (Å²) in [4.78, 5) is 22.8. The maximum Gasteiger partial charge on any atom is 0.315 e. The van der Waals surface area contributed by atoms with Crippen LogP contribution in [0.25, 0.3) is 0 Å². The van der Waals surface area contributed by atoms with Crippen molar-refractivity contribution < 1.29 is 14.7 Å². The lowest BCUT2D eigenvalue weighted by Crippen LogP contribution is -2.42. The van der Waals surface area contributed by atoms with Gasteiger partial charge in [-0.2, -0.15) is 0 Å². The average Bonchev–Trinajstić information content (AvgIpc) is 2.97. The molecular weight excluding hydrogens is 268 g/mol. The molecule has 1 aromatic carbocycles. The monoisotopic (exact) mass is 290 g/mol. The van der Waals surface area contributed by atoms with Gasteiger partial charge in [0.15, 0.2) is 0 Å². The standard InChI is InChI=1S/C16H22N2O3/c19-15(20)11-10-14(12-6-2-1-3-7-12)18-16(21)17-13-8-4-5-9-13/h1-3,6-7,13-14H,4-5,8-11H2,(H,19,20)(H2,17,18,21). The molecule has 1 unspecified atom stereocenters. The topological polar surface area (TPSA) is 78.4 Å². The second-order valence-corrected chi connectivity index (χ2v) is 5.49. The average molecular weight is 290 g/mol. The number of aliphatic carboxylic acids is 1. The van der Waals surface area contributed by atoms with Crippen LogP contribution in [0, 0.1) is 0 Å². The number of hydrogen-bond acceptors (Lipinski definition) is 2. The first-order valence-electron chi connectivity index (χ1n) is 7.49. The summed E-state index contributed by atoms with van der Waals surface area (Å²) < 4.78 is 0. The Morgan fingerprint density at radius 1 is 1.19 bits per heavy atom. The molecule has 2 rings (SSSR count). The summed E-state index contributed by atoms with van der Waals surface area (Å²) in [6, 6.07) is 9.26. The van der Waals surface area contributed by atoms with Crippen LogP contribution in [-0.4, -0.2) is 23.1 Å². The van der Waals surface area contributed by atoms with E-state index in [4.69, 9.17) is 5.11 Å². The molecule has 1 aliphatic rings. The first kappa shape index (κ1) is 15.4. The Hall–Kier alpha value is -2.04. The minimum atomic E-state index is -0.853. The number of nitrogens with one attached hydrogen (secondary N) is 2. The zero-order valence-corrected chi connectivity index (χ0v) is 12.0. The lowest BCUT2D eigenvalue weighted by atomic mass is 10.0. The molecule has 114 valence electrons. The summed E-state index contributed by atoms with van der Waals surface area (Å²) in [5.74, 6) is -0.853. The van der Waals surface area contributed by atoms with Gasteiger partial charge in [0.2, 0.25) is 0 Å². The molecule has 1 fully saturated rings. The number of carbonyl (C=O) groups excluding carboxylic acids is 1. The van der Waals surface area contributed by atoms with E-state index < -0.39 is 5.97 Å². The Labute approximate surface area is 124 Å². The van der Waals surface area contributed by atoms with Gasteiger partial charge in [0, 0.05) is 12.5 Å². The lowest BCUT2D eigenvalue weighted by Gasteiger charge is -2.20. The van der Waals surface area contributed by atoms with Crippen LogP contribution in [0.3, 0.4) is 0 Å². The number of urea groups is 1. The maximum absolute atomic E-state index is 12.1. The van der Waals surface area contributed by atoms with Crippen molar-refractivity contribution >= 4 is 12.0 Å². The summed E-state index contributed by atoms with van der Waals surface area (Å²) in [7, 11) is 0. The van der Waals surface area contributed by atoms with Crippen LogP contribution in [-0.2, 0) is 4.79 Å². The summed E-state index contributed by atoms with van der Waals surface area (Å²) in [5, 5.41) is 14.7. The third kappa shape index (κ3) is 5.10. The third-order valence-corrected chi connectivity index (χ3v) is 3.84. The summed E-state index contributed by atoms with van der Waals surface area (Å²) >= 11 is 0. The van der Waals surface area contributed by atoms with Crippen molar-refractivity contribution in [2.75, 3.05) is 0 Å². The van der Waals surface area contributed by atoms with Gasteiger partial charge in [-0.05, 0) is 24.8 Å². The molecule has 3 N–H and O–H groups in total. The Balaban J connectivity index is 1.94. The molecule has 1 saturated carbocycles. The van der Waals surface area contributed by atoms with E-state index in [0.717, 1.165) is 31.2 Å². The van der Waals surface area contributed by atoms with Gasteiger partial charge >= 0.3 is 12.0 Å². The number of carboxylic acids is 1. The lowest BCUT2D eigenvalue weighted by molar-refractivity contribution is -0.137. The van der Waals surface area contributed by atoms with Crippen molar-refractivity contribution in [2.45, 2.75) is 50.6 Å². The van der Waals surface area contributed by atoms with Crippen LogP contribution in [0.2, 0.25) is 0 Å². The van der Waals surface area contributed by atoms with Crippen molar-refractivity contribution in [1.82, 2.24) is 10.6 Å². The van der Waals surface area contributed by atoms with Crippen LogP contribution in [0.15, 0.2) is 30.3 Å². The van der Waals surface area contributed by atoms with Crippen LogP contribution >= 0.6 is 0 Å². The highest BCUT2D eigenvalue weighted by Gasteiger charge is 2.20. The first-order chi connectivity index (χ1) is 10.1. The van der Waals surface area contributed by atoms with E-state index >= 15 is 0 Å². The molecule has 0 aliphatic heterocycles. The predicted octanol–water partition coefficient (Wildman–Crippen LogP) is 2.83. The highest BCUT2D eigenvalue weighted by molar-refractivity contribution is 5.75. The molecule has 0 saturated heterocycles. The molecule has 0 spiro atoms. The molecule has 0 heterocycles. The van der Waals surface area contributed by atoms with Crippen molar-refractivity contribution in [2.24, 2.45) is 0 Å². The fourth-order valence-electron chi connectivity index (χ4n) is 2.73. The minimum Gasteiger partial charge on any atom is -0.481 e. The molecule has 0 aromatic heterocycles. The maximum atomic E-state index is 12.1. The van der Waals surface area contributed by atoms with Gasteiger partial charge in [0.1, 0.15) is 0 Å². The van der Waals surface area contributed by atoms with Crippen molar-refractivity contribution in [1.29, 1.82) is 0 Å². The molecule has 0 radical (unpaired) electrons. The van der Waals surface area contributed by atoms with E-state index in [1.54, 1.807) is 0 Å². The Kier molecular flexibility index (Phi) is 5.60. The zero-order chi connectivity index (χ0) is 15.1. The predicted molar refractivity (Wildman–Crippen MR) is 80.0 cm³/mol. The van der Waals surface area contributed by atoms with Gasteiger partial charge in [-0.15, -0.1) is 0 Å². The number of carbonyl (C=O) groups is 2. The van der Waals surface area contributed by atoms with Crippen LogP contribution in [0.1, 0.15) is 50.1 Å². The highest BCUT2D eigenvalue weighted by atomic mass is 16.4. The van der Waals surface area contributed by atoms with E-state index in [9.17, 15) is 9.59 Å². The molecule has 5 nitrogen and oxygen atoms in total. The number of rotatable bonds is 6. The van der Waals surface area contributed by atoms with Gasteiger partial charge in [-0.1, -0.05) is 43.2 Å². The SMILES string of the molecule is O=C(O)CCC(NC(=O)NC1CCCC1)c1ccccc1. The van der Waals surface area contributed by atoms with Crippen LogP contribution in [0.4, 0.5) is 4.79 Å². The van der Waals surface area contributed by atoms with Crippen molar-refractivity contribution in [3.05, 3.63) is 35.9 Å². The largest absolute Gasteiger partial charge is 0.481 e. The van der Waals surface area contributed by atoms with E-state index in [1.807, 2.05) is 30.3 Å². The molecule has 5 heteroatoms. The quantitative estimate of drug-likeness (QED) is 0.754. The summed E-state index contributed by atoms with van der Waals surface area (Å²) in [5.41, 5.74) is 0.931. The molecule has 21 heavy (non-hydrogen) atoms. The van der Waals surface area contributed by atoms with E-state index in [0.29, 0.717) is 6.42 Å². The summed E-state index contributed by atoms with van der Waals surface area (Å²) in [6.45, 7) is 0. The molecule has 1 aromatic rings. The minimum absolute atomic E-state index is 0.0310. The van der Waals surface area contributed by atoms with Gasteiger partial charge in [-0.25, -0.2) is 4.79 Å². The fraction of sp³-hybridized carbons (Fsp3) is 0.500. The number of benzene rings is 1. The summed E-state index contributed by atoms with van der Waals surface area (Å²) in [6.07, 6.45) is 4.79. The molecule has 0 bridgehead atoms. The molecular formula is C16H22N2O3. The van der Waals surface area contributed by atoms with Crippen molar-refractivity contribution in [3.63, 3.8) is 0 Å². The fourth-order valence-corrected chi connectivity index (χ4v) is 2.73. The van der Waals surface area contributed by atoms with Crippen LogP contribution in [0.5, 0.6) is 0 Å². The molecule has 1 aliphatic carbocycles. The number of amides is 2. The first-order valence-corrected chi connectivity index (χ1v) is 7.49. The van der Waals surface area contributed by atoms with E-state index in [-0.39, 0.29) is 24.5 Å². The molecule has 1 atom stereocenters. The van der Waals surface area contributed by atoms with Crippen LogP contribution < -0.4 is 10.6 Å². The highest BCUT2D eigenvalue weighted by Crippen LogP contribution is 2.20. The Morgan fingerprint density at radius 3 is 2.48 bits per heavy atom. The molecule has 2 amide bonds. The Bertz CT molecular complexity index is 470. The van der Waals surface area contributed by atoms with Gasteiger partial charge < -0.3 is 15.7 Å². The second kappa shape index (κ2) is 7.67. The van der Waals surface area contributed by atoms with Crippen molar-refractivity contribution in [3.8, 4) is 0 Å². The van der Waals surface area contributed by atoms with E-state index in [1.165, 1.54) is 0 Å². The second-order valence-electron chi connectivity index (χ2n) is 5.49. The zero-order valence-electron chi connectivity index (χ0n) is 12.0. The smallest absolute Gasteiger partial charge is 0.315 e. The van der Waals surface area contributed by atoms with E-state index in [2.05, 4.69) is 10.6 Å². The number of carboxylic acid groups (broad SMARTS) is 1. The van der Waals surface area contributed by atoms with Gasteiger partial charge in [-0.3, -0.25) is 4.79 Å². The van der Waals surface area contributed by atoms with Gasteiger partial charge in [0.25, 0.3) is 0 Å². The Morgan fingerprint density at radius 2 is 1.86 bits per heavy atom. The normalized spacial score (nSPS) is 16.4. The number of hydrogen-bond donors (Lipinski definition) is 3. The van der Waals surface area contributed by atoms with Gasteiger partial charge in [0.05, 0.1) is 6.04 Å².